The highest BCUT2D eigenvalue weighted by Crippen LogP contribution is 2.33. The Bertz CT molecular complexity index is 571. The van der Waals surface area contributed by atoms with Gasteiger partial charge < -0.3 is 5.32 Å². The zero-order valence-corrected chi connectivity index (χ0v) is 12.7. The standard InChI is InChI=1S/C13H19F3N2O2S/c1-3-6-17-7-8-18-21(19,20)11-5-4-10(2)12(9-11)13(14,15)16/h4-5,9,17-18H,3,6-8H2,1-2H3. The van der Waals surface area contributed by atoms with Gasteiger partial charge in [-0.15, -0.1) is 0 Å². The van der Waals surface area contributed by atoms with Crippen molar-refractivity contribution in [2.24, 2.45) is 0 Å². The van der Waals surface area contributed by atoms with Crippen LogP contribution in [0.1, 0.15) is 24.5 Å². The van der Waals surface area contributed by atoms with E-state index in [0.29, 0.717) is 12.6 Å². The van der Waals surface area contributed by atoms with Crippen LogP contribution in [0.4, 0.5) is 13.2 Å². The van der Waals surface area contributed by atoms with Crippen LogP contribution in [0.15, 0.2) is 23.1 Å². The predicted octanol–water partition coefficient (Wildman–Crippen LogP) is 2.29. The van der Waals surface area contributed by atoms with Crippen LogP contribution in [-0.2, 0) is 16.2 Å². The fraction of sp³-hybridized carbons (Fsp3) is 0.538. The van der Waals surface area contributed by atoms with Gasteiger partial charge in [-0.2, -0.15) is 13.2 Å². The first-order valence-corrected chi connectivity index (χ1v) is 8.05. The highest BCUT2D eigenvalue weighted by atomic mass is 32.2. The lowest BCUT2D eigenvalue weighted by Gasteiger charge is -2.13. The number of benzene rings is 1. The van der Waals surface area contributed by atoms with Gasteiger partial charge in [0.05, 0.1) is 10.5 Å². The molecule has 1 rings (SSSR count). The van der Waals surface area contributed by atoms with Crippen molar-refractivity contribution in [3.8, 4) is 0 Å². The smallest absolute Gasteiger partial charge is 0.315 e. The Hall–Kier alpha value is -1.12. The number of hydrogen-bond acceptors (Lipinski definition) is 3. The number of rotatable bonds is 7. The average Bonchev–Trinajstić information content (AvgIpc) is 2.37. The van der Waals surface area contributed by atoms with Crippen LogP contribution in [0.2, 0.25) is 0 Å². The van der Waals surface area contributed by atoms with Gasteiger partial charge in [0.25, 0.3) is 0 Å². The van der Waals surface area contributed by atoms with Gasteiger partial charge in [0.2, 0.25) is 10.0 Å². The maximum atomic E-state index is 12.8. The van der Waals surface area contributed by atoms with Gasteiger partial charge in [-0.25, -0.2) is 13.1 Å². The third kappa shape index (κ3) is 5.29. The first kappa shape index (κ1) is 17.9. The second-order valence-electron chi connectivity index (χ2n) is 4.62. The summed E-state index contributed by atoms with van der Waals surface area (Å²) in [6.45, 7) is 4.57. The van der Waals surface area contributed by atoms with E-state index < -0.39 is 21.8 Å². The van der Waals surface area contributed by atoms with Crippen molar-refractivity contribution in [2.45, 2.75) is 31.3 Å². The molecule has 0 heterocycles. The second kappa shape index (κ2) is 7.24. The number of nitrogens with one attached hydrogen (secondary N) is 2. The lowest BCUT2D eigenvalue weighted by molar-refractivity contribution is -0.138. The van der Waals surface area contributed by atoms with Gasteiger partial charge in [0.15, 0.2) is 0 Å². The van der Waals surface area contributed by atoms with Crippen molar-refractivity contribution in [3.05, 3.63) is 29.3 Å². The summed E-state index contributed by atoms with van der Waals surface area (Å²) in [6, 6.07) is 3.00. The topological polar surface area (TPSA) is 58.2 Å². The highest BCUT2D eigenvalue weighted by molar-refractivity contribution is 7.89. The molecule has 4 nitrogen and oxygen atoms in total. The Morgan fingerprint density at radius 1 is 1.14 bits per heavy atom. The minimum Gasteiger partial charge on any atom is -0.315 e. The lowest BCUT2D eigenvalue weighted by atomic mass is 10.1. The Morgan fingerprint density at radius 3 is 2.38 bits per heavy atom. The summed E-state index contributed by atoms with van der Waals surface area (Å²) in [4.78, 5) is -0.379. The van der Waals surface area contributed by atoms with E-state index in [2.05, 4.69) is 10.0 Å². The van der Waals surface area contributed by atoms with E-state index in [1.54, 1.807) is 0 Å². The average molecular weight is 324 g/mol. The number of aryl methyl sites for hydroxylation is 1. The molecule has 0 aromatic heterocycles. The second-order valence-corrected chi connectivity index (χ2v) is 6.39. The van der Waals surface area contributed by atoms with E-state index in [4.69, 9.17) is 0 Å². The fourth-order valence-electron chi connectivity index (χ4n) is 1.73. The molecule has 21 heavy (non-hydrogen) atoms. The van der Waals surface area contributed by atoms with E-state index >= 15 is 0 Å². The summed E-state index contributed by atoms with van der Waals surface area (Å²) >= 11 is 0. The molecule has 0 unspecified atom stereocenters. The third-order valence-corrected chi connectivity index (χ3v) is 4.30. The van der Waals surface area contributed by atoms with E-state index in [-0.39, 0.29) is 17.0 Å². The first-order chi connectivity index (χ1) is 9.68. The maximum Gasteiger partial charge on any atom is 0.416 e. The molecule has 1 aromatic rings. The Balaban J connectivity index is 2.84. The molecule has 0 aliphatic heterocycles. The zero-order valence-electron chi connectivity index (χ0n) is 11.9. The van der Waals surface area contributed by atoms with Crippen molar-refractivity contribution >= 4 is 10.0 Å². The molecule has 120 valence electrons. The zero-order chi connectivity index (χ0) is 16.1. The summed E-state index contributed by atoms with van der Waals surface area (Å²) in [7, 11) is -3.94. The maximum absolute atomic E-state index is 12.8. The molecular formula is C13H19F3N2O2S. The minimum absolute atomic E-state index is 0.00828. The van der Waals surface area contributed by atoms with Crippen molar-refractivity contribution in [1.29, 1.82) is 0 Å². The number of halogens is 3. The van der Waals surface area contributed by atoms with Gasteiger partial charge in [0.1, 0.15) is 0 Å². The summed E-state index contributed by atoms with van der Waals surface area (Å²) in [5.74, 6) is 0. The predicted molar refractivity (Wildman–Crippen MR) is 74.5 cm³/mol. The molecular weight excluding hydrogens is 305 g/mol. The largest absolute Gasteiger partial charge is 0.416 e. The van der Waals surface area contributed by atoms with Gasteiger partial charge in [-0.05, 0) is 37.6 Å². The van der Waals surface area contributed by atoms with Gasteiger partial charge in [-0.3, -0.25) is 0 Å². The quantitative estimate of drug-likeness (QED) is 0.757. The van der Waals surface area contributed by atoms with Crippen LogP contribution in [0, 0.1) is 6.92 Å². The monoisotopic (exact) mass is 324 g/mol. The normalized spacial score (nSPS) is 12.6. The molecule has 0 fully saturated rings. The molecule has 2 N–H and O–H groups in total. The lowest BCUT2D eigenvalue weighted by Crippen LogP contribution is -2.32. The number of sulfonamides is 1. The molecule has 0 saturated heterocycles. The molecule has 0 aliphatic carbocycles. The highest BCUT2D eigenvalue weighted by Gasteiger charge is 2.33. The molecule has 0 aliphatic rings. The Labute approximate surface area is 122 Å². The van der Waals surface area contributed by atoms with E-state index in [9.17, 15) is 21.6 Å². The summed E-state index contributed by atoms with van der Waals surface area (Å²) in [5.41, 5.74) is -0.944. The first-order valence-electron chi connectivity index (χ1n) is 6.56. The Kier molecular flexibility index (Phi) is 6.18. The van der Waals surface area contributed by atoms with Gasteiger partial charge in [-0.1, -0.05) is 13.0 Å². The SMILES string of the molecule is CCCNCCNS(=O)(=O)c1ccc(C)c(C(F)(F)F)c1. The number of alkyl halides is 3. The van der Waals surface area contributed by atoms with Crippen LogP contribution in [0.25, 0.3) is 0 Å². The number of hydrogen-bond donors (Lipinski definition) is 2. The Morgan fingerprint density at radius 2 is 1.81 bits per heavy atom. The molecule has 8 heteroatoms. The van der Waals surface area contributed by atoms with Crippen LogP contribution < -0.4 is 10.0 Å². The molecule has 0 atom stereocenters. The van der Waals surface area contributed by atoms with Crippen LogP contribution >= 0.6 is 0 Å². The van der Waals surface area contributed by atoms with E-state index in [0.717, 1.165) is 19.0 Å². The van der Waals surface area contributed by atoms with E-state index in [1.807, 2.05) is 6.92 Å². The fourth-order valence-corrected chi connectivity index (χ4v) is 2.79. The van der Waals surface area contributed by atoms with Crippen LogP contribution in [0.3, 0.4) is 0 Å². The van der Waals surface area contributed by atoms with E-state index in [1.165, 1.54) is 13.0 Å². The molecule has 0 saturated carbocycles. The summed E-state index contributed by atoms with van der Waals surface area (Å²) < 4.78 is 64.5. The summed E-state index contributed by atoms with van der Waals surface area (Å²) in [6.07, 6.45) is -3.65. The molecule has 0 amide bonds. The van der Waals surface area contributed by atoms with Gasteiger partial charge >= 0.3 is 6.18 Å². The molecule has 0 spiro atoms. The van der Waals surface area contributed by atoms with Crippen molar-refractivity contribution in [1.82, 2.24) is 10.0 Å². The third-order valence-electron chi connectivity index (χ3n) is 2.85. The van der Waals surface area contributed by atoms with Crippen molar-refractivity contribution in [2.75, 3.05) is 19.6 Å². The van der Waals surface area contributed by atoms with Crippen molar-refractivity contribution < 1.29 is 21.6 Å². The van der Waals surface area contributed by atoms with Crippen LogP contribution in [0.5, 0.6) is 0 Å². The van der Waals surface area contributed by atoms with Crippen LogP contribution in [-0.4, -0.2) is 28.1 Å². The minimum atomic E-state index is -4.57. The molecule has 0 bridgehead atoms. The molecule has 0 radical (unpaired) electrons. The molecule has 1 aromatic carbocycles. The van der Waals surface area contributed by atoms with Crippen molar-refractivity contribution in [3.63, 3.8) is 0 Å². The summed E-state index contributed by atoms with van der Waals surface area (Å²) in [5, 5.41) is 3.00. The van der Waals surface area contributed by atoms with Gasteiger partial charge in [0, 0.05) is 13.1 Å².